The molecule has 0 saturated carbocycles. The van der Waals surface area contributed by atoms with Gasteiger partial charge in [-0.15, -0.1) is 0 Å². The zero-order chi connectivity index (χ0) is 30.0. The molecule has 41 heavy (non-hydrogen) atoms. The van der Waals surface area contributed by atoms with Crippen LogP contribution < -0.4 is 0 Å². The third-order valence-corrected chi connectivity index (χ3v) is 6.18. The first-order valence-corrected chi connectivity index (χ1v) is 13.7. The van der Waals surface area contributed by atoms with Crippen molar-refractivity contribution in [1.82, 2.24) is 0 Å². The van der Waals surface area contributed by atoms with Crippen LogP contribution in [0.2, 0.25) is 0 Å². The summed E-state index contributed by atoms with van der Waals surface area (Å²) < 4.78 is 30.4. The number of carboxylic acids is 2. The molecule has 0 heterocycles. The summed E-state index contributed by atoms with van der Waals surface area (Å²) in [5, 5.41) is 27.3. The fraction of sp³-hybridized carbons (Fsp3) is 0.188. The normalized spacial score (nSPS) is 11.6. The molecule has 2 atom stereocenters. The van der Waals surface area contributed by atoms with Crippen molar-refractivity contribution < 1.29 is 38.4 Å². The van der Waals surface area contributed by atoms with Crippen LogP contribution in [0.5, 0.6) is 0 Å². The minimum atomic E-state index is -1.30. The van der Waals surface area contributed by atoms with Crippen molar-refractivity contribution in [2.45, 2.75) is 37.0 Å². The molecule has 3 N–H and O–H groups in total. The van der Waals surface area contributed by atoms with Gasteiger partial charge in [0.25, 0.3) is 0 Å². The zero-order valence-electron chi connectivity index (χ0n) is 22.1. The second kappa shape index (κ2) is 18.4. The molecule has 0 aliphatic carbocycles. The van der Waals surface area contributed by atoms with Crippen LogP contribution in [0.25, 0.3) is 0 Å². The fourth-order valence-corrected chi connectivity index (χ4v) is 3.70. The van der Waals surface area contributed by atoms with Gasteiger partial charge in [-0.1, -0.05) is 101 Å². The van der Waals surface area contributed by atoms with E-state index in [1.165, 1.54) is 24.3 Å². The SMILES string of the molecule is Fc1ccc(CBr)cc1.O=C(O)[C@@H](O)Cc1ccccc1.O=C(O)[C@H](Cc1ccccc1)OCc1ccc(F)cc1. The van der Waals surface area contributed by atoms with E-state index in [1.807, 2.05) is 48.5 Å². The average molecular weight is 629 g/mol. The van der Waals surface area contributed by atoms with Crippen LogP contribution in [0, 0.1) is 11.6 Å². The molecular formula is C32H31BrF2O6. The fourth-order valence-electron chi connectivity index (χ4n) is 3.32. The van der Waals surface area contributed by atoms with E-state index < -0.39 is 24.1 Å². The van der Waals surface area contributed by atoms with E-state index in [4.69, 9.17) is 14.9 Å². The molecular weight excluding hydrogens is 598 g/mol. The van der Waals surface area contributed by atoms with Crippen LogP contribution in [0.4, 0.5) is 8.78 Å². The van der Waals surface area contributed by atoms with Gasteiger partial charge in [-0.25, -0.2) is 18.4 Å². The van der Waals surface area contributed by atoms with E-state index in [0.717, 1.165) is 27.6 Å². The predicted molar refractivity (Wildman–Crippen MR) is 156 cm³/mol. The number of alkyl halides is 1. The van der Waals surface area contributed by atoms with Crippen LogP contribution >= 0.6 is 15.9 Å². The number of carboxylic acid groups (broad SMARTS) is 2. The monoisotopic (exact) mass is 628 g/mol. The van der Waals surface area contributed by atoms with Crippen molar-refractivity contribution in [2.75, 3.05) is 0 Å². The maximum atomic E-state index is 12.8. The Balaban J connectivity index is 0.000000237. The maximum Gasteiger partial charge on any atom is 0.333 e. The predicted octanol–water partition coefficient (Wildman–Crippen LogP) is 6.43. The molecule has 0 fully saturated rings. The second-order valence-electron chi connectivity index (χ2n) is 8.76. The first kappa shape index (κ1) is 33.3. The average Bonchev–Trinajstić information content (AvgIpc) is 2.98. The van der Waals surface area contributed by atoms with E-state index in [2.05, 4.69) is 15.9 Å². The standard InChI is InChI=1S/C16H15FO3.C9H10O3.C7H6BrF/c17-14-8-6-13(7-9-14)11-20-15(16(18)19)10-12-4-2-1-3-5-12;10-8(9(11)12)6-7-4-2-1-3-5-7;8-5-6-1-3-7(9)4-2-6/h1-9,15H,10-11H2,(H,18,19);1-5,8,10H,6H2,(H,11,12);1-4H,5H2/t15-;8-;/m00./s1. The van der Waals surface area contributed by atoms with Crippen molar-refractivity contribution in [3.8, 4) is 0 Å². The topological polar surface area (TPSA) is 104 Å². The molecule has 0 saturated heterocycles. The highest BCUT2D eigenvalue weighted by Gasteiger charge is 2.18. The Kier molecular flexibility index (Phi) is 15.0. The summed E-state index contributed by atoms with van der Waals surface area (Å²) in [6.07, 6.45) is -1.75. The van der Waals surface area contributed by atoms with Gasteiger partial charge in [0, 0.05) is 18.2 Å². The Morgan fingerprint density at radius 1 is 0.634 bits per heavy atom. The molecule has 9 heteroatoms. The minimum absolute atomic E-state index is 0.143. The highest BCUT2D eigenvalue weighted by molar-refractivity contribution is 9.08. The molecule has 0 aliphatic rings. The number of benzene rings is 4. The van der Waals surface area contributed by atoms with Crippen molar-refractivity contribution in [3.63, 3.8) is 0 Å². The van der Waals surface area contributed by atoms with Crippen LogP contribution in [-0.2, 0) is 39.1 Å². The van der Waals surface area contributed by atoms with Crippen molar-refractivity contribution in [2.24, 2.45) is 0 Å². The second-order valence-corrected chi connectivity index (χ2v) is 9.32. The summed E-state index contributed by atoms with van der Waals surface area (Å²) in [5.41, 5.74) is 3.56. The summed E-state index contributed by atoms with van der Waals surface area (Å²) in [5.74, 6) is -2.69. The molecule has 0 amide bonds. The van der Waals surface area contributed by atoms with Crippen molar-refractivity contribution in [3.05, 3.63) is 143 Å². The summed E-state index contributed by atoms with van der Waals surface area (Å²) in [6.45, 7) is 0.143. The van der Waals surface area contributed by atoms with E-state index in [0.29, 0.717) is 6.42 Å². The molecule has 6 nitrogen and oxygen atoms in total. The lowest BCUT2D eigenvalue weighted by Gasteiger charge is -2.14. The summed E-state index contributed by atoms with van der Waals surface area (Å²) in [7, 11) is 0. The van der Waals surface area contributed by atoms with Gasteiger partial charge >= 0.3 is 11.9 Å². The maximum absolute atomic E-state index is 12.8. The Hall–Kier alpha value is -3.92. The minimum Gasteiger partial charge on any atom is -0.479 e. The Morgan fingerprint density at radius 2 is 1.07 bits per heavy atom. The van der Waals surface area contributed by atoms with Crippen LogP contribution in [0.15, 0.2) is 109 Å². The van der Waals surface area contributed by atoms with Gasteiger partial charge < -0.3 is 20.1 Å². The molecule has 0 radical (unpaired) electrons. The number of hydrogen-bond donors (Lipinski definition) is 3. The van der Waals surface area contributed by atoms with Gasteiger partial charge in [-0.2, -0.15) is 0 Å². The van der Waals surface area contributed by atoms with E-state index in [1.54, 1.807) is 36.4 Å². The van der Waals surface area contributed by atoms with Crippen LogP contribution in [0.3, 0.4) is 0 Å². The van der Waals surface area contributed by atoms with Gasteiger partial charge in [0.2, 0.25) is 0 Å². The number of rotatable bonds is 10. The number of aliphatic hydroxyl groups is 1. The van der Waals surface area contributed by atoms with Gasteiger partial charge in [-0.05, 0) is 46.5 Å². The molecule has 4 aromatic rings. The largest absolute Gasteiger partial charge is 0.479 e. The van der Waals surface area contributed by atoms with Gasteiger partial charge in [0.1, 0.15) is 11.6 Å². The van der Waals surface area contributed by atoms with E-state index in [-0.39, 0.29) is 24.7 Å². The highest BCUT2D eigenvalue weighted by atomic mass is 79.9. The number of hydrogen-bond acceptors (Lipinski definition) is 4. The van der Waals surface area contributed by atoms with Crippen molar-refractivity contribution >= 4 is 27.9 Å². The molecule has 216 valence electrons. The van der Waals surface area contributed by atoms with Crippen LogP contribution in [0.1, 0.15) is 22.3 Å². The molecule has 0 spiro atoms. The summed E-state index contributed by atoms with van der Waals surface area (Å²) in [4.78, 5) is 21.4. The van der Waals surface area contributed by atoms with E-state index >= 15 is 0 Å². The van der Waals surface area contributed by atoms with Crippen LogP contribution in [-0.4, -0.2) is 39.5 Å². The summed E-state index contributed by atoms with van der Waals surface area (Å²) in [6, 6.07) is 30.6. The number of aliphatic hydroxyl groups excluding tert-OH is 1. The molecule has 0 aromatic heterocycles. The number of aliphatic carboxylic acids is 2. The van der Waals surface area contributed by atoms with Gasteiger partial charge in [0.15, 0.2) is 12.2 Å². The lowest BCUT2D eigenvalue weighted by Crippen LogP contribution is -2.26. The molecule has 0 aliphatic heterocycles. The van der Waals surface area contributed by atoms with Crippen molar-refractivity contribution in [1.29, 1.82) is 0 Å². The Labute approximate surface area is 246 Å². The number of ether oxygens (including phenoxy) is 1. The third kappa shape index (κ3) is 13.8. The smallest absolute Gasteiger partial charge is 0.333 e. The first-order valence-electron chi connectivity index (χ1n) is 12.6. The van der Waals surface area contributed by atoms with Gasteiger partial charge in [0.05, 0.1) is 6.61 Å². The zero-order valence-corrected chi connectivity index (χ0v) is 23.7. The Morgan fingerprint density at radius 3 is 1.49 bits per heavy atom. The Bertz CT molecular complexity index is 1300. The first-order chi connectivity index (χ1) is 19.7. The quantitative estimate of drug-likeness (QED) is 0.175. The summed E-state index contributed by atoms with van der Waals surface area (Å²) >= 11 is 3.26. The lowest BCUT2D eigenvalue weighted by molar-refractivity contribution is -0.151. The lowest BCUT2D eigenvalue weighted by atomic mass is 10.1. The van der Waals surface area contributed by atoms with Gasteiger partial charge in [-0.3, -0.25) is 0 Å². The molecule has 0 unspecified atom stereocenters. The molecule has 0 bridgehead atoms. The third-order valence-electron chi connectivity index (χ3n) is 5.53. The molecule has 4 rings (SSSR count). The highest BCUT2D eigenvalue weighted by Crippen LogP contribution is 2.11. The molecule has 4 aromatic carbocycles. The number of halogens is 3. The number of carbonyl (C=O) groups is 2. The van der Waals surface area contributed by atoms with E-state index in [9.17, 15) is 23.5 Å².